The Bertz CT molecular complexity index is 1070. The van der Waals surface area contributed by atoms with Crippen LogP contribution in [-0.2, 0) is 6.42 Å². The Balaban J connectivity index is 1.67. The van der Waals surface area contributed by atoms with Crippen LogP contribution < -0.4 is 5.32 Å². The molecule has 1 N–H and O–H groups in total. The summed E-state index contributed by atoms with van der Waals surface area (Å²) in [6.45, 7) is 2.08. The largest absolute Gasteiger partial charge is 0.423 e. The summed E-state index contributed by atoms with van der Waals surface area (Å²) in [7, 11) is 0. The van der Waals surface area contributed by atoms with Crippen molar-refractivity contribution < 1.29 is 9.34 Å². The molecule has 2 aromatic carbocycles. The second-order valence-corrected chi connectivity index (χ2v) is 6.26. The van der Waals surface area contributed by atoms with Gasteiger partial charge in [-0.25, -0.2) is 4.98 Å². The molecule has 0 aliphatic carbocycles. The monoisotopic (exact) mass is 340 g/mol. The van der Waals surface area contributed by atoms with E-state index in [1.54, 1.807) is 6.07 Å². The molecule has 2 aromatic heterocycles. The van der Waals surface area contributed by atoms with Gasteiger partial charge in [-0.1, -0.05) is 24.3 Å². The van der Waals surface area contributed by atoms with Gasteiger partial charge in [-0.05, 0) is 30.2 Å². The van der Waals surface area contributed by atoms with Crippen LogP contribution in [0, 0.1) is 10.1 Å². The molecule has 4 aromatic rings. The third-order valence-electron chi connectivity index (χ3n) is 3.66. The maximum absolute atomic E-state index is 10.8. The van der Waals surface area contributed by atoms with Gasteiger partial charge in [0.25, 0.3) is 5.69 Å². The van der Waals surface area contributed by atoms with Crippen LogP contribution >= 0.6 is 11.3 Å². The highest BCUT2D eigenvalue weighted by molar-refractivity contribution is 7.22. The zero-order valence-corrected chi connectivity index (χ0v) is 13.5. The Hall–Kier alpha value is -3.00. The molecule has 0 saturated heterocycles. The molecule has 0 spiro atoms. The number of anilines is 2. The summed E-state index contributed by atoms with van der Waals surface area (Å²) >= 11 is 1.31. The van der Waals surface area contributed by atoms with E-state index in [0.29, 0.717) is 22.2 Å². The Kier molecular flexibility index (Phi) is 3.39. The Labute approximate surface area is 140 Å². The summed E-state index contributed by atoms with van der Waals surface area (Å²) in [5.74, 6) is 0. The summed E-state index contributed by atoms with van der Waals surface area (Å²) in [6, 6.07) is 10.8. The highest BCUT2D eigenvalue weighted by Gasteiger charge is 2.12. The van der Waals surface area contributed by atoms with Gasteiger partial charge in [0.15, 0.2) is 10.7 Å². The van der Waals surface area contributed by atoms with Crippen LogP contribution in [-0.4, -0.2) is 14.9 Å². The molecule has 0 saturated carbocycles. The molecule has 0 fully saturated rings. The molecule has 0 radical (unpaired) electrons. The number of aromatic nitrogens is 2. The molecule has 0 aliphatic heterocycles. The molecule has 0 amide bonds. The number of oxazole rings is 1. The van der Waals surface area contributed by atoms with Crippen molar-refractivity contribution in [3.8, 4) is 0 Å². The summed E-state index contributed by atoms with van der Waals surface area (Å²) in [4.78, 5) is 19.2. The molecule has 120 valence electrons. The van der Waals surface area contributed by atoms with Crippen LogP contribution in [0.15, 0.2) is 40.8 Å². The average molecular weight is 340 g/mol. The minimum Gasteiger partial charge on any atom is -0.423 e. The minimum absolute atomic E-state index is 0.0478. The number of aryl methyl sites for hydroxylation is 1. The van der Waals surface area contributed by atoms with Gasteiger partial charge in [0.05, 0.1) is 15.1 Å². The predicted octanol–water partition coefficient (Wildman–Crippen LogP) is 4.65. The zero-order chi connectivity index (χ0) is 16.7. The highest BCUT2D eigenvalue weighted by Crippen LogP contribution is 2.31. The topological polar surface area (TPSA) is 94.1 Å². The van der Waals surface area contributed by atoms with E-state index < -0.39 is 4.92 Å². The standard InChI is InChI=1S/C16H12N4O3S/c1-2-9-3-6-13-12(7-9)17-15(23-13)19-16-18-11-5-4-10(20(21)22)8-14(11)24-16/h3-8H,2H2,1H3,(H,17,18,19). The van der Waals surface area contributed by atoms with Gasteiger partial charge in [0, 0.05) is 12.1 Å². The lowest BCUT2D eigenvalue weighted by Crippen LogP contribution is -1.88. The Morgan fingerprint density at radius 1 is 1.21 bits per heavy atom. The fourth-order valence-corrected chi connectivity index (χ4v) is 3.31. The number of nitrogens with one attached hydrogen (secondary N) is 1. The molecule has 7 nitrogen and oxygen atoms in total. The summed E-state index contributed by atoms with van der Waals surface area (Å²) in [5.41, 5.74) is 3.42. The van der Waals surface area contributed by atoms with E-state index in [1.807, 2.05) is 18.2 Å². The van der Waals surface area contributed by atoms with Crippen molar-refractivity contribution in [2.24, 2.45) is 0 Å². The van der Waals surface area contributed by atoms with E-state index >= 15 is 0 Å². The molecule has 8 heteroatoms. The van der Waals surface area contributed by atoms with Crippen molar-refractivity contribution in [3.63, 3.8) is 0 Å². The minimum atomic E-state index is -0.418. The first-order chi connectivity index (χ1) is 11.6. The molecule has 0 aliphatic rings. The molecular formula is C16H12N4O3S. The first kappa shape index (κ1) is 14.6. The highest BCUT2D eigenvalue weighted by atomic mass is 32.1. The fraction of sp³-hybridized carbons (Fsp3) is 0.125. The Morgan fingerprint density at radius 2 is 2.08 bits per heavy atom. The van der Waals surface area contributed by atoms with Gasteiger partial charge in [0.1, 0.15) is 5.52 Å². The van der Waals surface area contributed by atoms with E-state index in [1.165, 1.54) is 29.0 Å². The number of nitro groups is 1. The summed E-state index contributed by atoms with van der Waals surface area (Å²) in [5, 5.41) is 14.4. The van der Waals surface area contributed by atoms with Crippen LogP contribution in [0.1, 0.15) is 12.5 Å². The maximum atomic E-state index is 10.8. The predicted molar refractivity (Wildman–Crippen MR) is 92.9 cm³/mol. The van der Waals surface area contributed by atoms with Crippen LogP contribution in [0.5, 0.6) is 0 Å². The van der Waals surface area contributed by atoms with Gasteiger partial charge in [0.2, 0.25) is 0 Å². The van der Waals surface area contributed by atoms with Gasteiger partial charge < -0.3 is 4.42 Å². The number of thiazole rings is 1. The van der Waals surface area contributed by atoms with E-state index in [9.17, 15) is 10.1 Å². The number of nitro benzene ring substituents is 1. The van der Waals surface area contributed by atoms with Gasteiger partial charge in [-0.2, -0.15) is 4.98 Å². The van der Waals surface area contributed by atoms with E-state index in [0.717, 1.165) is 16.6 Å². The smallest absolute Gasteiger partial charge is 0.302 e. The van der Waals surface area contributed by atoms with Crippen LogP contribution in [0.2, 0.25) is 0 Å². The van der Waals surface area contributed by atoms with Crippen molar-refractivity contribution >= 4 is 49.5 Å². The lowest BCUT2D eigenvalue weighted by atomic mass is 10.1. The number of nitrogens with zero attached hydrogens (tertiary/aromatic N) is 3. The van der Waals surface area contributed by atoms with Crippen molar-refractivity contribution in [1.82, 2.24) is 9.97 Å². The summed E-state index contributed by atoms with van der Waals surface area (Å²) in [6.07, 6.45) is 0.933. The van der Waals surface area contributed by atoms with Crippen molar-refractivity contribution in [3.05, 3.63) is 52.1 Å². The van der Waals surface area contributed by atoms with Crippen LogP contribution in [0.25, 0.3) is 21.3 Å². The first-order valence-corrected chi connectivity index (χ1v) is 8.15. The maximum Gasteiger partial charge on any atom is 0.302 e. The third kappa shape index (κ3) is 2.56. The van der Waals surface area contributed by atoms with Crippen molar-refractivity contribution in [2.75, 3.05) is 5.32 Å². The van der Waals surface area contributed by atoms with Crippen molar-refractivity contribution in [2.45, 2.75) is 13.3 Å². The van der Waals surface area contributed by atoms with E-state index in [-0.39, 0.29) is 5.69 Å². The number of hydrogen-bond acceptors (Lipinski definition) is 7. The molecule has 2 heterocycles. The Morgan fingerprint density at radius 3 is 2.88 bits per heavy atom. The SMILES string of the molecule is CCc1ccc2oc(Nc3nc4ccc([N+](=O)[O-])cc4s3)nc2c1. The summed E-state index contributed by atoms with van der Waals surface area (Å²) < 4.78 is 6.40. The molecule has 0 atom stereocenters. The number of rotatable bonds is 4. The average Bonchev–Trinajstić information content (AvgIpc) is 3.15. The molecule has 4 rings (SSSR count). The van der Waals surface area contributed by atoms with Crippen molar-refractivity contribution in [1.29, 1.82) is 0 Å². The lowest BCUT2D eigenvalue weighted by molar-refractivity contribution is -0.384. The zero-order valence-electron chi connectivity index (χ0n) is 12.6. The number of fused-ring (bicyclic) bond motifs is 2. The number of non-ortho nitro benzene ring substituents is 1. The third-order valence-corrected chi connectivity index (χ3v) is 4.59. The first-order valence-electron chi connectivity index (χ1n) is 7.34. The molecule has 0 bridgehead atoms. The number of hydrogen-bond donors (Lipinski definition) is 1. The van der Waals surface area contributed by atoms with Gasteiger partial charge >= 0.3 is 6.01 Å². The molecule has 0 unspecified atom stereocenters. The number of benzene rings is 2. The van der Waals surface area contributed by atoms with Gasteiger partial charge in [-0.15, -0.1) is 0 Å². The lowest BCUT2D eigenvalue weighted by Gasteiger charge is -1.92. The van der Waals surface area contributed by atoms with Crippen LogP contribution in [0.3, 0.4) is 0 Å². The second-order valence-electron chi connectivity index (χ2n) is 5.23. The fourth-order valence-electron chi connectivity index (χ4n) is 2.42. The van der Waals surface area contributed by atoms with E-state index in [4.69, 9.17) is 4.42 Å². The molecular weight excluding hydrogens is 328 g/mol. The molecule has 24 heavy (non-hydrogen) atoms. The second kappa shape index (κ2) is 5.57. The van der Waals surface area contributed by atoms with E-state index in [2.05, 4.69) is 22.2 Å². The van der Waals surface area contributed by atoms with Crippen LogP contribution in [0.4, 0.5) is 16.8 Å². The normalized spacial score (nSPS) is 11.2. The van der Waals surface area contributed by atoms with Gasteiger partial charge in [-0.3, -0.25) is 15.4 Å². The quantitative estimate of drug-likeness (QED) is 0.429.